The van der Waals surface area contributed by atoms with E-state index in [-0.39, 0.29) is 11.3 Å². The smallest absolute Gasteiger partial charge is 0.269 e. The molecule has 0 saturated heterocycles. The van der Waals surface area contributed by atoms with Crippen LogP contribution >= 0.6 is 11.6 Å². The first kappa shape index (κ1) is 11.7. The van der Waals surface area contributed by atoms with E-state index in [0.29, 0.717) is 12.2 Å². The van der Waals surface area contributed by atoms with Gasteiger partial charge in [-0.3, -0.25) is 9.89 Å². The minimum absolute atomic E-state index is 0.205. The molecular formula is C12H12ClN3O. The van der Waals surface area contributed by atoms with Gasteiger partial charge in [0.05, 0.1) is 5.38 Å². The predicted octanol–water partition coefficient (Wildman–Crippen LogP) is 2.12. The number of nitrogens with one attached hydrogen (secondary N) is 2. The van der Waals surface area contributed by atoms with Crippen LogP contribution in [0.5, 0.6) is 0 Å². The van der Waals surface area contributed by atoms with Crippen molar-refractivity contribution >= 4 is 17.5 Å². The minimum atomic E-state index is -0.233. The monoisotopic (exact) mass is 249 g/mol. The van der Waals surface area contributed by atoms with Gasteiger partial charge in [-0.25, -0.2) is 0 Å². The third kappa shape index (κ3) is 3.07. The van der Waals surface area contributed by atoms with Gasteiger partial charge in [0.1, 0.15) is 5.69 Å². The fourth-order valence-electron chi connectivity index (χ4n) is 1.44. The van der Waals surface area contributed by atoms with Crippen LogP contribution in [0.2, 0.25) is 0 Å². The Hall–Kier alpha value is -1.81. The number of nitrogens with zero attached hydrogens (tertiary/aromatic N) is 1. The minimum Gasteiger partial charge on any atom is -0.349 e. The number of rotatable bonds is 4. The largest absolute Gasteiger partial charge is 0.349 e. The molecule has 1 aromatic heterocycles. The number of H-pyrrole nitrogens is 1. The second-order valence-electron chi connectivity index (χ2n) is 3.56. The molecule has 17 heavy (non-hydrogen) atoms. The van der Waals surface area contributed by atoms with Crippen LogP contribution in [0.1, 0.15) is 21.4 Å². The van der Waals surface area contributed by atoms with E-state index in [9.17, 15) is 4.79 Å². The average molecular weight is 250 g/mol. The van der Waals surface area contributed by atoms with Crippen LogP contribution in [0, 0.1) is 0 Å². The highest BCUT2D eigenvalue weighted by Crippen LogP contribution is 2.18. The van der Waals surface area contributed by atoms with Crippen molar-refractivity contribution in [3.8, 4) is 0 Å². The molecule has 0 saturated carbocycles. The Morgan fingerprint density at radius 3 is 2.76 bits per heavy atom. The van der Waals surface area contributed by atoms with Crippen molar-refractivity contribution in [2.24, 2.45) is 0 Å². The van der Waals surface area contributed by atoms with Crippen LogP contribution in [-0.2, 0) is 0 Å². The summed E-state index contributed by atoms with van der Waals surface area (Å²) in [5.74, 6) is -0.205. The fourth-order valence-corrected chi connectivity index (χ4v) is 1.66. The summed E-state index contributed by atoms with van der Waals surface area (Å²) < 4.78 is 0. The Kier molecular flexibility index (Phi) is 3.77. The number of aromatic amines is 1. The van der Waals surface area contributed by atoms with Gasteiger partial charge in [0, 0.05) is 12.7 Å². The molecule has 1 amide bonds. The highest BCUT2D eigenvalue weighted by molar-refractivity contribution is 6.21. The van der Waals surface area contributed by atoms with Crippen LogP contribution in [-0.4, -0.2) is 22.6 Å². The van der Waals surface area contributed by atoms with E-state index in [0.717, 1.165) is 5.56 Å². The quantitative estimate of drug-likeness (QED) is 0.816. The molecule has 0 fully saturated rings. The van der Waals surface area contributed by atoms with Gasteiger partial charge in [0.2, 0.25) is 0 Å². The molecule has 1 aromatic carbocycles. The maximum Gasteiger partial charge on any atom is 0.269 e. The second kappa shape index (κ2) is 5.50. The van der Waals surface area contributed by atoms with Crippen molar-refractivity contribution in [1.82, 2.24) is 15.5 Å². The molecule has 1 unspecified atom stereocenters. The Morgan fingerprint density at radius 1 is 1.35 bits per heavy atom. The summed E-state index contributed by atoms with van der Waals surface area (Å²) in [5.41, 5.74) is 1.42. The average Bonchev–Trinajstić information content (AvgIpc) is 2.90. The first-order valence-corrected chi connectivity index (χ1v) is 5.67. The van der Waals surface area contributed by atoms with Crippen molar-refractivity contribution in [3.05, 3.63) is 53.9 Å². The normalized spacial score (nSPS) is 12.1. The number of hydrogen-bond acceptors (Lipinski definition) is 2. The molecule has 5 heteroatoms. The standard InChI is InChI=1S/C12H12ClN3O/c13-10(9-4-2-1-3-5-9)8-14-12(17)11-6-7-15-16-11/h1-7,10H,8H2,(H,14,17)(H,15,16). The van der Waals surface area contributed by atoms with Gasteiger partial charge in [-0.05, 0) is 11.6 Å². The summed E-state index contributed by atoms with van der Waals surface area (Å²) in [6.45, 7) is 0.378. The number of halogens is 1. The lowest BCUT2D eigenvalue weighted by Gasteiger charge is -2.10. The van der Waals surface area contributed by atoms with Crippen molar-refractivity contribution < 1.29 is 4.79 Å². The summed E-state index contributed by atoms with van der Waals surface area (Å²) in [7, 11) is 0. The number of amides is 1. The van der Waals surface area contributed by atoms with Gasteiger partial charge in [-0.1, -0.05) is 30.3 Å². The molecule has 4 nitrogen and oxygen atoms in total. The van der Waals surface area contributed by atoms with Gasteiger partial charge < -0.3 is 5.32 Å². The van der Waals surface area contributed by atoms with E-state index in [1.54, 1.807) is 6.07 Å². The summed E-state index contributed by atoms with van der Waals surface area (Å²) in [6.07, 6.45) is 1.53. The number of carbonyl (C=O) groups excluding carboxylic acids is 1. The van der Waals surface area contributed by atoms with Crippen molar-refractivity contribution in [2.45, 2.75) is 5.38 Å². The molecule has 1 atom stereocenters. The molecule has 0 radical (unpaired) electrons. The van der Waals surface area contributed by atoms with Gasteiger partial charge in [-0.2, -0.15) is 5.10 Å². The molecule has 2 aromatic rings. The molecule has 0 aliphatic rings. The first-order valence-electron chi connectivity index (χ1n) is 5.24. The first-order chi connectivity index (χ1) is 8.27. The highest BCUT2D eigenvalue weighted by Gasteiger charge is 2.11. The third-order valence-electron chi connectivity index (χ3n) is 2.35. The van der Waals surface area contributed by atoms with Crippen molar-refractivity contribution in [1.29, 1.82) is 0 Å². The number of hydrogen-bond donors (Lipinski definition) is 2. The maximum atomic E-state index is 11.6. The highest BCUT2D eigenvalue weighted by atomic mass is 35.5. The van der Waals surface area contributed by atoms with Gasteiger partial charge >= 0.3 is 0 Å². The molecule has 0 aliphatic carbocycles. The zero-order valence-corrected chi connectivity index (χ0v) is 9.82. The summed E-state index contributed by atoms with van der Waals surface area (Å²) >= 11 is 6.17. The summed E-state index contributed by atoms with van der Waals surface area (Å²) in [6, 6.07) is 11.2. The molecule has 2 rings (SSSR count). The molecule has 88 valence electrons. The topological polar surface area (TPSA) is 57.8 Å². The van der Waals surface area contributed by atoms with E-state index in [2.05, 4.69) is 15.5 Å². The van der Waals surface area contributed by atoms with Gasteiger partial charge in [0.25, 0.3) is 5.91 Å². The van der Waals surface area contributed by atoms with Crippen molar-refractivity contribution in [3.63, 3.8) is 0 Å². The van der Waals surface area contributed by atoms with Crippen molar-refractivity contribution in [2.75, 3.05) is 6.54 Å². The van der Waals surface area contributed by atoms with Crippen LogP contribution < -0.4 is 5.32 Å². The number of aromatic nitrogens is 2. The lowest BCUT2D eigenvalue weighted by atomic mass is 10.1. The Labute approximate surface area is 104 Å². The van der Waals surface area contributed by atoms with Crippen LogP contribution in [0.3, 0.4) is 0 Å². The van der Waals surface area contributed by atoms with E-state index < -0.39 is 0 Å². The van der Waals surface area contributed by atoms with Crippen LogP contribution in [0.25, 0.3) is 0 Å². The summed E-state index contributed by atoms with van der Waals surface area (Å²) in [4.78, 5) is 11.6. The third-order valence-corrected chi connectivity index (χ3v) is 2.75. The molecule has 0 bridgehead atoms. The van der Waals surface area contributed by atoms with E-state index >= 15 is 0 Å². The van der Waals surface area contributed by atoms with Crippen LogP contribution in [0.15, 0.2) is 42.6 Å². The van der Waals surface area contributed by atoms with Crippen LogP contribution in [0.4, 0.5) is 0 Å². The zero-order chi connectivity index (χ0) is 12.1. The molecule has 1 heterocycles. The zero-order valence-electron chi connectivity index (χ0n) is 9.06. The van der Waals surface area contributed by atoms with E-state index in [4.69, 9.17) is 11.6 Å². The van der Waals surface area contributed by atoms with Gasteiger partial charge in [-0.15, -0.1) is 11.6 Å². The van der Waals surface area contributed by atoms with E-state index in [1.165, 1.54) is 6.20 Å². The number of carbonyl (C=O) groups is 1. The Bertz CT molecular complexity index is 470. The SMILES string of the molecule is O=C(NCC(Cl)c1ccccc1)c1ccn[nH]1. The summed E-state index contributed by atoms with van der Waals surface area (Å²) in [5, 5.41) is 8.81. The maximum absolute atomic E-state index is 11.6. The lowest BCUT2D eigenvalue weighted by molar-refractivity contribution is 0.0948. The lowest BCUT2D eigenvalue weighted by Crippen LogP contribution is -2.27. The number of benzene rings is 1. The van der Waals surface area contributed by atoms with Gasteiger partial charge in [0.15, 0.2) is 0 Å². The Balaban J connectivity index is 1.89. The molecule has 0 spiro atoms. The fraction of sp³-hybridized carbons (Fsp3) is 0.167. The second-order valence-corrected chi connectivity index (χ2v) is 4.09. The molecule has 0 aliphatic heterocycles. The number of alkyl halides is 1. The molecule has 2 N–H and O–H groups in total. The Morgan fingerprint density at radius 2 is 2.12 bits per heavy atom. The molecular weight excluding hydrogens is 238 g/mol. The predicted molar refractivity (Wildman–Crippen MR) is 66.0 cm³/mol. The van der Waals surface area contributed by atoms with E-state index in [1.807, 2.05) is 30.3 Å².